The van der Waals surface area contributed by atoms with E-state index in [1.807, 2.05) is 0 Å². The first-order chi connectivity index (χ1) is 15.0. The van der Waals surface area contributed by atoms with E-state index in [0.717, 1.165) is 0 Å². The number of benzene rings is 2. The summed E-state index contributed by atoms with van der Waals surface area (Å²) in [6, 6.07) is 9.60. The maximum Gasteiger partial charge on any atom is 0.240 e. The molecule has 0 unspecified atom stereocenters. The second kappa shape index (κ2) is 13.9. The molecule has 0 saturated carbocycles. The fourth-order valence-electron chi connectivity index (χ4n) is 1.57. The molecule has 0 bridgehead atoms. The van der Waals surface area contributed by atoms with Crippen LogP contribution in [0.5, 0.6) is 0 Å². The monoisotopic (exact) mass is 680 g/mol. The van der Waals surface area contributed by atoms with Gasteiger partial charge >= 0.3 is 0 Å². The Morgan fingerprint density at radius 3 is 1.67 bits per heavy atom. The molecular weight excluding hydrogens is 663 g/mol. The lowest BCUT2D eigenvalue weighted by molar-refractivity contribution is -0.117. The van der Waals surface area contributed by atoms with Gasteiger partial charge in [-0.3, -0.25) is 9.59 Å². The van der Waals surface area contributed by atoms with E-state index in [9.17, 15) is 9.59 Å². The van der Waals surface area contributed by atoms with Gasteiger partial charge < -0.3 is 11.1 Å². The van der Waals surface area contributed by atoms with Crippen molar-refractivity contribution < 1.29 is 9.59 Å². The fraction of sp³-hybridized carbons (Fsp3) is 0.273. The minimum absolute atomic E-state index is 0.0278. The van der Waals surface area contributed by atoms with Crippen molar-refractivity contribution in [2.75, 3.05) is 11.1 Å². The molecule has 0 aliphatic carbocycles. The Morgan fingerprint density at radius 1 is 0.909 bits per heavy atom. The highest BCUT2D eigenvalue weighted by molar-refractivity contribution is 9.20. The fourth-order valence-corrected chi connectivity index (χ4v) is 2.12. The summed E-state index contributed by atoms with van der Waals surface area (Å²) in [7, 11) is 0. The van der Waals surface area contributed by atoms with Crippen LogP contribution in [0.4, 0.5) is 22.7 Å². The number of hydrogen-bond donors (Lipinski definition) is 2. The third kappa shape index (κ3) is 12.4. The predicted octanol–water partition coefficient (Wildman–Crippen LogP) is 8.56. The molecule has 0 aliphatic rings. The Balaban J connectivity index is 0.000000514. The number of anilines is 2. The van der Waals surface area contributed by atoms with Crippen LogP contribution in [0.3, 0.4) is 0 Å². The lowest BCUT2D eigenvalue weighted by Gasteiger charge is -2.16. The zero-order chi connectivity index (χ0) is 26.0. The molecule has 3 N–H and O–H groups in total. The Bertz CT molecular complexity index is 1080. The minimum Gasteiger partial charge on any atom is -0.399 e. The molecule has 0 saturated heterocycles. The first kappa shape index (κ1) is 31.4. The second-order valence-corrected chi connectivity index (χ2v) is 12.8. The largest absolute Gasteiger partial charge is 0.399 e. The van der Waals surface area contributed by atoms with Crippen LogP contribution in [0, 0.1) is 13.1 Å². The van der Waals surface area contributed by atoms with E-state index < -0.39 is 8.65 Å². The number of nitrogens with two attached hydrogens (primary N) is 1. The van der Waals surface area contributed by atoms with E-state index in [1.165, 1.54) is 0 Å². The van der Waals surface area contributed by atoms with Crippen LogP contribution in [-0.2, 0) is 9.59 Å². The van der Waals surface area contributed by atoms with Crippen molar-refractivity contribution in [3.8, 4) is 0 Å². The standard InChI is InChI=1S/C11H10BrClN2O.C7H5ClN2.C4H6Br2O/c1-11(2,12)10(16)15-7-4-5-9(14-3)8(13)6-7;1-10-7-3-2-5(9)4-6(7)8;1-4(2,6)3(5)7/h4-6H,1-2H3,(H,15,16);2-4H,9H2;1-2H3. The number of hydrogen-bond acceptors (Lipinski definition) is 3. The van der Waals surface area contributed by atoms with Gasteiger partial charge in [0.2, 0.25) is 22.0 Å². The van der Waals surface area contributed by atoms with E-state index in [2.05, 4.69) is 62.8 Å². The lowest BCUT2D eigenvalue weighted by atomic mass is 10.2. The highest BCUT2D eigenvalue weighted by atomic mass is 79.9. The van der Waals surface area contributed by atoms with E-state index in [0.29, 0.717) is 32.8 Å². The minimum atomic E-state index is -0.641. The van der Waals surface area contributed by atoms with Crippen molar-refractivity contribution in [2.24, 2.45) is 0 Å². The van der Waals surface area contributed by atoms with Crippen LogP contribution in [-0.4, -0.2) is 19.2 Å². The maximum absolute atomic E-state index is 11.6. The van der Waals surface area contributed by atoms with Crippen molar-refractivity contribution in [3.63, 3.8) is 0 Å². The maximum atomic E-state index is 11.6. The van der Waals surface area contributed by atoms with Crippen LogP contribution < -0.4 is 11.1 Å². The first-order valence-corrected chi connectivity index (χ1v) is 12.1. The van der Waals surface area contributed by atoms with Crippen molar-refractivity contribution in [2.45, 2.75) is 36.3 Å². The van der Waals surface area contributed by atoms with Crippen LogP contribution in [0.2, 0.25) is 10.0 Å². The molecule has 0 aromatic heterocycles. The summed E-state index contributed by atoms with van der Waals surface area (Å²) in [5.41, 5.74) is 7.37. The molecule has 11 heteroatoms. The quantitative estimate of drug-likeness (QED) is 0.147. The summed E-state index contributed by atoms with van der Waals surface area (Å²) in [6.07, 6.45) is 0. The highest BCUT2D eigenvalue weighted by Crippen LogP contribution is 2.29. The number of alkyl halides is 2. The molecule has 0 atom stereocenters. The van der Waals surface area contributed by atoms with Gasteiger partial charge in [0.05, 0.1) is 21.8 Å². The van der Waals surface area contributed by atoms with Gasteiger partial charge in [0.25, 0.3) is 0 Å². The van der Waals surface area contributed by atoms with Crippen LogP contribution >= 0.6 is 71.0 Å². The molecule has 176 valence electrons. The van der Waals surface area contributed by atoms with Gasteiger partial charge in [-0.25, -0.2) is 9.69 Å². The van der Waals surface area contributed by atoms with Crippen LogP contribution in [0.1, 0.15) is 27.7 Å². The number of carbonyl (C=O) groups excluding carboxylic acids is 2. The van der Waals surface area contributed by atoms with E-state index in [1.54, 1.807) is 64.1 Å². The molecule has 0 radical (unpaired) electrons. The summed E-state index contributed by atoms with van der Waals surface area (Å²) < 4.78 is -1.08. The molecule has 0 fully saturated rings. The van der Waals surface area contributed by atoms with Gasteiger partial charge in [0, 0.05) is 21.4 Å². The zero-order valence-electron chi connectivity index (χ0n) is 18.1. The predicted molar refractivity (Wildman–Crippen MR) is 148 cm³/mol. The SMILES string of the molecule is CC(C)(Br)C(=O)Br.[C-]#[N+]c1ccc(N)cc1Cl.[C-]#[N+]c1ccc(NC(=O)C(C)(C)Br)cc1Cl. The molecule has 2 aromatic rings. The van der Waals surface area contributed by atoms with Crippen molar-refractivity contribution in [3.05, 3.63) is 69.3 Å². The van der Waals surface area contributed by atoms with Gasteiger partial charge in [-0.2, -0.15) is 0 Å². The van der Waals surface area contributed by atoms with Crippen molar-refractivity contribution >= 4 is 104 Å². The summed E-state index contributed by atoms with van der Waals surface area (Å²) in [4.78, 5) is 28.4. The topological polar surface area (TPSA) is 80.9 Å². The molecule has 0 aliphatic heterocycles. The van der Waals surface area contributed by atoms with E-state index in [4.69, 9.17) is 42.1 Å². The Labute approximate surface area is 229 Å². The lowest BCUT2D eigenvalue weighted by Crippen LogP contribution is -2.30. The average Bonchev–Trinajstić information content (AvgIpc) is 2.68. The number of carbonyl (C=O) groups is 2. The summed E-state index contributed by atoms with van der Waals surface area (Å²) in [5, 5.41) is 3.45. The van der Waals surface area contributed by atoms with E-state index >= 15 is 0 Å². The second-order valence-electron chi connectivity index (χ2n) is 7.27. The van der Waals surface area contributed by atoms with Crippen LogP contribution in [0.15, 0.2) is 36.4 Å². The molecule has 0 heterocycles. The normalized spacial score (nSPS) is 10.3. The van der Waals surface area contributed by atoms with Gasteiger partial charge in [-0.05, 0) is 67.9 Å². The van der Waals surface area contributed by atoms with Crippen molar-refractivity contribution in [1.29, 1.82) is 0 Å². The summed E-state index contributed by atoms with van der Waals surface area (Å²) in [5.74, 6) is -0.167. The van der Waals surface area contributed by atoms with Crippen molar-refractivity contribution in [1.82, 2.24) is 0 Å². The number of nitrogens with zero attached hydrogens (tertiary/aromatic N) is 2. The third-order valence-electron chi connectivity index (χ3n) is 3.43. The van der Waals surface area contributed by atoms with Gasteiger partial charge in [-0.1, -0.05) is 67.2 Å². The molecule has 33 heavy (non-hydrogen) atoms. The zero-order valence-corrected chi connectivity index (χ0v) is 24.4. The number of nitrogens with one attached hydrogen (secondary N) is 1. The Kier molecular flexibility index (Phi) is 13.3. The molecule has 1 amide bonds. The van der Waals surface area contributed by atoms with Gasteiger partial charge in [0.1, 0.15) is 0 Å². The molecule has 2 rings (SSSR count). The highest BCUT2D eigenvalue weighted by Gasteiger charge is 2.23. The first-order valence-electron chi connectivity index (χ1n) is 9.01. The van der Waals surface area contributed by atoms with Gasteiger partial charge in [-0.15, -0.1) is 0 Å². The molecule has 0 spiro atoms. The average molecular weight is 684 g/mol. The number of amides is 1. The summed E-state index contributed by atoms with van der Waals surface area (Å²) >= 11 is 20.7. The third-order valence-corrected chi connectivity index (χ3v) is 6.27. The van der Waals surface area contributed by atoms with Gasteiger partial charge in [0.15, 0.2) is 0 Å². The number of rotatable bonds is 3. The van der Waals surface area contributed by atoms with Crippen LogP contribution in [0.25, 0.3) is 9.69 Å². The van der Waals surface area contributed by atoms with E-state index in [-0.39, 0.29) is 10.6 Å². The molecule has 6 nitrogen and oxygen atoms in total. The Hall–Kier alpha value is -1.62. The smallest absolute Gasteiger partial charge is 0.240 e. The summed E-state index contributed by atoms with van der Waals surface area (Å²) in [6.45, 7) is 20.6. The molecule has 2 aromatic carbocycles. The Morgan fingerprint density at radius 2 is 1.33 bits per heavy atom. The molecular formula is C22H21Br3Cl2N4O2. The number of halogens is 5. The number of nitrogen functional groups attached to an aromatic ring is 1.